The molecule has 0 N–H and O–H groups in total. The third-order valence-electron chi connectivity index (χ3n) is 1.22. The maximum absolute atomic E-state index is 2.18. The van der Waals surface area contributed by atoms with Gasteiger partial charge in [-0.3, -0.25) is 0 Å². The zero-order chi connectivity index (χ0) is 7.94. The SMILES string of the molecule is CSCSC[n+]1ccccc1. The number of hydrogen-bond donors (Lipinski definition) is 0. The summed E-state index contributed by atoms with van der Waals surface area (Å²) in [5, 5.41) is 1.17. The Kier molecular flexibility index (Phi) is 4.47. The summed E-state index contributed by atoms with van der Waals surface area (Å²) in [7, 11) is 0. The highest BCUT2D eigenvalue weighted by atomic mass is 32.2. The molecule has 0 aromatic carbocycles. The molecule has 0 radical (unpaired) electrons. The molecule has 0 bridgehead atoms. The van der Waals surface area contributed by atoms with Crippen LogP contribution in [0.25, 0.3) is 0 Å². The van der Waals surface area contributed by atoms with Gasteiger partial charge in [0.05, 0.1) is 0 Å². The van der Waals surface area contributed by atoms with Crippen molar-refractivity contribution in [3.05, 3.63) is 30.6 Å². The van der Waals surface area contributed by atoms with Crippen molar-refractivity contribution >= 4 is 23.5 Å². The highest BCUT2D eigenvalue weighted by Gasteiger charge is 1.95. The van der Waals surface area contributed by atoms with Crippen LogP contribution in [0.3, 0.4) is 0 Å². The Balaban J connectivity index is 2.28. The predicted octanol–water partition coefficient (Wildman–Crippen LogP) is 1.99. The van der Waals surface area contributed by atoms with Gasteiger partial charge in [0.25, 0.3) is 0 Å². The molecule has 11 heavy (non-hydrogen) atoms. The second kappa shape index (κ2) is 5.49. The molecule has 0 aliphatic carbocycles. The number of hydrogen-bond acceptors (Lipinski definition) is 2. The van der Waals surface area contributed by atoms with Crippen molar-refractivity contribution in [3.63, 3.8) is 0 Å². The molecule has 1 aromatic heterocycles. The largest absolute Gasteiger partial charge is 0.195 e. The maximum atomic E-state index is 2.18. The van der Waals surface area contributed by atoms with Gasteiger partial charge in [-0.2, -0.15) is 16.3 Å². The monoisotopic (exact) mass is 186 g/mol. The number of aromatic nitrogens is 1. The van der Waals surface area contributed by atoms with Crippen LogP contribution >= 0.6 is 23.5 Å². The average molecular weight is 186 g/mol. The second-order valence-electron chi connectivity index (χ2n) is 2.13. The molecule has 1 heterocycles. The Morgan fingerprint density at radius 3 is 2.55 bits per heavy atom. The van der Waals surface area contributed by atoms with Crippen molar-refractivity contribution in [3.8, 4) is 0 Å². The second-order valence-corrected chi connectivity index (χ2v) is 4.32. The Labute approximate surface area is 76.2 Å². The molecule has 60 valence electrons. The van der Waals surface area contributed by atoms with Crippen molar-refractivity contribution in [2.75, 3.05) is 11.3 Å². The average Bonchev–Trinajstić information content (AvgIpc) is 2.07. The van der Waals surface area contributed by atoms with E-state index in [4.69, 9.17) is 0 Å². The topological polar surface area (TPSA) is 3.88 Å². The first-order valence-corrected chi connectivity index (χ1v) is 5.99. The van der Waals surface area contributed by atoms with E-state index in [0.29, 0.717) is 0 Å². The first-order chi connectivity index (χ1) is 5.43. The standard InChI is InChI=1S/C8H12NS2/c1-10-8-11-7-9-5-3-2-4-6-9/h2-6H,7-8H2,1H3/q+1. The van der Waals surface area contributed by atoms with Crippen molar-refractivity contribution in [2.45, 2.75) is 5.88 Å². The van der Waals surface area contributed by atoms with Crippen LogP contribution in [0.4, 0.5) is 0 Å². The minimum atomic E-state index is 1.06. The highest BCUT2D eigenvalue weighted by molar-refractivity contribution is 8.15. The lowest BCUT2D eigenvalue weighted by molar-refractivity contribution is -0.675. The third kappa shape index (κ3) is 3.68. The summed E-state index contributed by atoms with van der Waals surface area (Å²) in [6.07, 6.45) is 6.31. The zero-order valence-corrected chi connectivity index (χ0v) is 8.20. The normalized spacial score (nSPS) is 9.91. The van der Waals surface area contributed by atoms with E-state index in [1.54, 1.807) is 0 Å². The van der Waals surface area contributed by atoms with Gasteiger partial charge in [-0.15, -0.1) is 0 Å². The van der Waals surface area contributed by atoms with Gasteiger partial charge in [-0.1, -0.05) is 17.8 Å². The highest BCUT2D eigenvalue weighted by Crippen LogP contribution is 2.07. The van der Waals surface area contributed by atoms with Gasteiger partial charge in [-0.05, 0) is 6.26 Å². The summed E-state index contributed by atoms with van der Waals surface area (Å²) in [6.45, 7) is 0. The molecule has 1 rings (SSSR count). The summed E-state index contributed by atoms with van der Waals surface area (Å²) in [6, 6.07) is 6.15. The molecular weight excluding hydrogens is 174 g/mol. The van der Waals surface area contributed by atoms with E-state index < -0.39 is 0 Å². The summed E-state index contributed by atoms with van der Waals surface area (Å²) >= 11 is 3.80. The molecule has 0 atom stereocenters. The maximum Gasteiger partial charge on any atom is 0.195 e. The van der Waals surface area contributed by atoms with Crippen LogP contribution in [-0.4, -0.2) is 11.3 Å². The molecule has 0 saturated carbocycles. The Morgan fingerprint density at radius 2 is 1.91 bits per heavy atom. The summed E-state index contributed by atoms with van der Waals surface area (Å²) in [5.74, 6) is 1.06. The molecule has 0 fully saturated rings. The van der Waals surface area contributed by atoms with Crippen LogP contribution in [0.5, 0.6) is 0 Å². The van der Waals surface area contributed by atoms with Crippen LogP contribution in [0, 0.1) is 0 Å². The lowest BCUT2D eigenvalue weighted by Gasteiger charge is -1.93. The van der Waals surface area contributed by atoms with E-state index in [2.05, 4.69) is 35.3 Å². The molecule has 0 aliphatic rings. The Hall–Kier alpha value is -0.150. The Bertz CT molecular complexity index is 189. The first kappa shape index (κ1) is 8.94. The van der Waals surface area contributed by atoms with Gasteiger partial charge in [0.1, 0.15) is 0 Å². The van der Waals surface area contributed by atoms with Gasteiger partial charge < -0.3 is 0 Å². The molecule has 0 spiro atoms. The molecule has 1 aromatic rings. The molecular formula is C8H12NS2+. The minimum Gasteiger partial charge on any atom is -0.195 e. The van der Waals surface area contributed by atoms with Crippen molar-refractivity contribution in [1.29, 1.82) is 0 Å². The molecule has 0 aliphatic heterocycles. The van der Waals surface area contributed by atoms with Crippen molar-refractivity contribution in [1.82, 2.24) is 0 Å². The Morgan fingerprint density at radius 1 is 1.18 bits per heavy atom. The van der Waals surface area contributed by atoms with Crippen molar-refractivity contribution in [2.24, 2.45) is 0 Å². The molecule has 1 nitrogen and oxygen atoms in total. The van der Waals surface area contributed by atoms with Crippen LogP contribution in [0.15, 0.2) is 30.6 Å². The summed E-state index contributed by atoms with van der Waals surface area (Å²) < 4.78 is 2.18. The molecule has 0 saturated heterocycles. The fourth-order valence-electron chi connectivity index (χ4n) is 0.746. The van der Waals surface area contributed by atoms with Crippen LogP contribution < -0.4 is 4.57 Å². The summed E-state index contributed by atoms with van der Waals surface area (Å²) in [5.41, 5.74) is 0. The predicted molar refractivity (Wildman–Crippen MR) is 52.6 cm³/mol. The molecule has 3 heteroatoms. The lowest BCUT2D eigenvalue weighted by Crippen LogP contribution is -2.30. The van der Waals surface area contributed by atoms with E-state index in [0.717, 1.165) is 5.88 Å². The van der Waals surface area contributed by atoms with E-state index >= 15 is 0 Å². The first-order valence-electron chi connectivity index (χ1n) is 3.44. The van der Waals surface area contributed by atoms with E-state index in [-0.39, 0.29) is 0 Å². The van der Waals surface area contributed by atoms with Gasteiger partial charge in [0, 0.05) is 17.2 Å². The van der Waals surface area contributed by atoms with Crippen LogP contribution in [-0.2, 0) is 5.88 Å². The minimum absolute atomic E-state index is 1.06. The molecule has 0 amide bonds. The zero-order valence-electron chi connectivity index (χ0n) is 6.56. The molecule has 0 unspecified atom stereocenters. The third-order valence-corrected chi connectivity index (χ3v) is 3.31. The van der Waals surface area contributed by atoms with Gasteiger partial charge in [0.2, 0.25) is 0 Å². The lowest BCUT2D eigenvalue weighted by atomic mass is 10.5. The smallest absolute Gasteiger partial charge is 0.195 e. The van der Waals surface area contributed by atoms with Gasteiger partial charge in [-0.25, -0.2) is 0 Å². The summed E-state index contributed by atoms with van der Waals surface area (Å²) in [4.78, 5) is 0. The fraction of sp³-hybridized carbons (Fsp3) is 0.375. The fourth-order valence-corrected chi connectivity index (χ4v) is 2.09. The number of nitrogens with zero attached hydrogens (tertiary/aromatic N) is 1. The number of thioether (sulfide) groups is 2. The number of pyridine rings is 1. The van der Waals surface area contributed by atoms with Gasteiger partial charge in [0.15, 0.2) is 18.3 Å². The van der Waals surface area contributed by atoms with Crippen LogP contribution in [0.2, 0.25) is 0 Å². The van der Waals surface area contributed by atoms with E-state index in [1.165, 1.54) is 5.08 Å². The van der Waals surface area contributed by atoms with E-state index in [9.17, 15) is 0 Å². The van der Waals surface area contributed by atoms with E-state index in [1.807, 2.05) is 29.6 Å². The number of rotatable bonds is 4. The van der Waals surface area contributed by atoms with Crippen LogP contribution in [0.1, 0.15) is 0 Å². The van der Waals surface area contributed by atoms with Gasteiger partial charge >= 0.3 is 0 Å². The van der Waals surface area contributed by atoms with Crippen molar-refractivity contribution < 1.29 is 4.57 Å². The quantitative estimate of drug-likeness (QED) is 0.402.